The number of rotatable bonds is 8. The summed E-state index contributed by atoms with van der Waals surface area (Å²) in [5.74, 6) is -1.18. The molecule has 0 saturated heterocycles. The third kappa shape index (κ3) is 8.65. The highest BCUT2D eigenvalue weighted by Gasteiger charge is 2.17. The molecule has 0 radical (unpaired) electrons. The summed E-state index contributed by atoms with van der Waals surface area (Å²) in [6, 6.07) is 0. The van der Waals surface area contributed by atoms with Crippen LogP contribution < -0.4 is 0 Å². The Morgan fingerprint density at radius 1 is 1.06 bits per heavy atom. The van der Waals surface area contributed by atoms with E-state index >= 15 is 0 Å². The molecule has 0 aromatic heterocycles. The van der Waals surface area contributed by atoms with Crippen LogP contribution in [-0.2, 0) is 9.59 Å². The van der Waals surface area contributed by atoms with Gasteiger partial charge in [0.2, 0.25) is 5.91 Å². The van der Waals surface area contributed by atoms with E-state index in [1.165, 1.54) is 4.90 Å². The van der Waals surface area contributed by atoms with E-state index in [0.29, 0.717) is 0 Å². The second-order valence-corrected chi connectivity index (χ2v) is 4.24. The maximum atomic E-state index is 11.7. The average molecular weight is 247 g/mol. The fourth-order valence-electron chi connectivity index (χ4n) is 1.47. The van der Waals surface area contributed by atoms with Crippen molar-refractivity contribution in [2.24, 2.45) is 0 Å². The van der Waals surface area contributed by atoms with Crippen molar-refractivity contribution in [2.45, 2.75) is 45.3 Å². The molecular weight excluding hydrogens is 226 g/mol. The van der Waals surface area contributed by atoms with Gasteiger partial charge in [0.15, 0.2) is 0 Å². The van der Waals surface area contributed by atoms with Crippen LogP contribution >= 0.6 is 0 Å². The number of aliphatic hydroxyl groups excluding tert-OH is 2. The summed E-state index contributed by atoms with van der Waals surface area (Å²) in [5.41, 5.74) is 0. The molecule has 0 aliphatic carbocycles. The molecule has 17 heavy (non-hydrogen) atoms. The van der Waals surface area contributed by atoms with Crippen molar-refractivity contribution in [3.05, 3.63) is 0 Å². The van der Waals surface area contributed by atoms with E-state index in [1.54, 1.807) is 13.8 Å². The van der Waals surface area contributed by atoms with Gasteiger partial charge in [-0.3, -0.25) is 9.59 Å². The third-order valence-corrected chi connectivity index (χ3v) is 2.10. The SMILES string of the molecule is CC(O)CN(CC(C)O)C(=O)CCCC(=O)O. The first-order valence-corrected chi connectivity index (χ1v) is 5.68. The number of hydrogen-bond donors (Lipinski definition) is 3. The molecule has 0 aliphatic rings. The summed E-state index contributed by atoms with van der Waals surface area (Å²) in [6.07, 6.45) is -1.01. The zero-order valence-corrected chi connectivity index (χ0v) is 10.3. The minimum Gasteiger partial charge on any atom is -0.481 e. The number of carbonyl (C=O) groups is 2. The van der Waals surface area contributed by atoms with Crippen LogP contribution in [0.4, 0.5) is 0 Å². The van der Waals surface area contributed by atoms with Crippen molar-refractivity contribution in [1.82, 2.24) is 4.90 Å². The number of aliphatic hydroxyl groups is 2. The van der Waals surface area contributed by atoms with Gasteiger partial charge in [0.25, 0.3) is 0 Å². The highest BCUT2D eigenvalue weighted by Crippen LogP contribution is 2.04. The molecule has 6 heteroatoms. The molecule has 0 aromatic carbocycles. The molecular formula is C11H21NO5. The van der Waals surface area contributed by atoms with E-state index < -0.39 is 18.2 Å². The van der Waals surface area contributed by atoms with Crippen molar-refractivity contribution in [3.8, 4) is 0 Å². The fourth-order valence-corrected chi connectivity index (χ4v) is 1.47. The van der Waals surface area contributed by atoms with Crippen LogP contribution in [0.2, 0.25) is 0 Å². The van der Waals surface area contributed by atoms with E-state index in [0.717, 1.165) is 0 Å². The molecule has 0 bridgehead atoms. The molecule has 3 N–H and O–H groups in total. The van der Waals surface area contributed by atoms with Crippen LogP contribution in [0.25, 0.3) is 0 Å². The zero-order chi connectivity index (χ0) is 13.4. The first-order valence-electron chi connectivity index (χ1n) is 5.68. The normalized spacial score (nSPS) is 14.1. The molecule has 2 unspecified atom stereocenters. The van der Waals surface area contributed by atoms with Gasteiger partial charge in [0, 0.05) is 25.9 Å². The Morgan fingerprint density at radius 3 is 1.88 bits per heavy atom. The molecule has 2 atom stereocenters. The summed E-state index contributed by atoms with van der Waals surface area (Å²) >= 11 is 0. The smallest absolute Gasteiger partial charge is 0.303 e. The van der Waals surface area contributed by atoms with Gasteiger partial charge in [-0.15, -0.1) is 0 Å². The number of carboxylic acids is 1. The van der Waals surface area contributed by atoms with E-state index in [-0.39, 0.29) is 38.3 Å². The quantitative estimate of drug-likeness (QED) is 0.553. The molecule has 1 amide bonds. The van der Waals surface area contributed by atoms with Crippen LogP contribution in [0, 0.1) is 0 Å². The molecule has 0 aromatic rings. The number of aliphatic carboxylic acids is 1. The monoisotopic (exact) mass is 247 g/mol. The topological polar surface area (TPSA) is 98.1 Å². The summed E-state index contributed by atoms with van der Waals surface area (Å²) in [5, 5.41) is 26.9. The summed E-state index contributed by atoms with van der Waals surface area (Å²) in [6.45, 7) is 3.41. The van der Waals surface area contributed by atoms with Crippen molar-refractivity contribution in [3.63, 3.8) is 0 Å². The summed E-state index contributed by atoms with van der Waals surface area (Å²) in [4.78, 5) is 23.4. The van der Waals surface area contributed by atoms with Gasteiger partial charge < -0.3 is 20.2 Å². The Bertz CT molecular complexity index is 242. The Hall–Kier alpha value is -1.14. The lowest BCUT2D eigenvalue weighted by Crippen LogP contribution is -2.40. The Kier molecular flexibility index (Phi) is 7.49. The Balaban J connectivity index is 4.17. The van der Waals surface area contributed by atoms with Gasteiger partial charge in [0.05, 0.1) is 12.2 Å². The average Bonchev–Trinajstić information content (AvgIpc) is 2.14. The van der Waals surface area contributed by atoms with E-state index in [9.17, 15) is 19.8 Å². The number of carbonyl (C=O) groups excluding carboxylic acids is 1. The predicted octanol–water partition coefficient (Wildman–Crippen LogP) is -0.169. The number of amides is 1. The number of carboxylic acid groups (broad SMARTS) is 1. The standard InChI is InChI=1S/C11H21NO5/c1-8(13)6-12(7-9(2)14)10(15)4-3-5-11(16)17/h8-9,13-14H,3-7H2,1-2H3,(H,16,17). The first kappa shape index (κ1) is 15.9. The highest BCUT2D eigenvalue weighted by atomic mass is 16.4. The molecule has 100 valence electrons. The van der Waals surface area contributed by atoms with E-state index in [4.69, 9.17) is 5.11 Å². The second kappa shape index (κ2) is 8.03. The first-order chi connectivity index (χ1) is 7.82. The van der Waals surface area contributed by atoms with Crippen molar-refractivity contribution < 1.29 is 24.9 Å². The van der Waals surface area contributed by atoms with Crippen molar-refractivity contribution >= 4 is 11.9 Å². The van der Waals surface area contributed by atoms with E-state index in [2.05, 4.69) is 0 Å². The van der Waals surface area contributed by atoms with Gasteiger partial charge in [-0.1, -0.05) is 0 Å². The summed E-state index contributed by atoms with van der Waals surface area (Å²) in [7, 11) is 0. The molecule has 0 heterocycles. The van der Waals surface area contributed by atoms with Crippen molar-refractivity contribution in [2.75, 3.05) is 13.1 Å². The summed E-state index contributed by atoms with van der Waals surface area (Å²) < 4.78 is 0. The third-order valence-electron chi connectivity index (χ3n) is 2.10. The van der Waals surface area contributed by atoms with Gasteiger partial charge in [-0.05, 0) is 20.3 Å². The van der Waals surface area contributed by atoms with Gasteiger partial charge in [0.1, 0.15) is 0 Å². The number of nitrogens with zero attached hydrogens (tertiary/aromatic N) is 1. The highest BCUT2D eigenvalue weighted by molar-refractivity contribution is 5.77. The lowest BCUT2D eigenvalue weighted by Gasteiger charge is -2.25. The van der Waals surface area contributed by atoms with Crippen LogP contribution in [0.1, 0.15) is 33.1 Å². The molecule has 0 aliphatic heterocycles. The van der Waals surface area contributed by atoms with Crippen molar-refractivity contribution in [1.29, 1.82) is 0 Å². The minimum absolute atomic E-state index is 0.0526. The minimum atomic E-state index is -0.935. The molecule has 6 nitrogen and oxygen atoms in total. The van der Waals surface area contributed by atoms with Crippen LogP contribution in [0.5, 0.6) is 0 Å². The molecule has 0 rings (SSSR count). The maximum absolute atomic E-state index is 11.7. The van der Waals surface area contributed by atoms with Crippen LogP contribution in [0.3, 0.4) is 0 Å². The Labute approximate surface area is 101 Å². The van der Waals surface area contributed by atoms with E-state index in [1.807, 2.05) is 0 Å². The lowest BCUT2D eigenvalue weighted by molar-refractivity contribution is -0.137. The zero-order valence-electron chi connectivity index (χ0n) is 10.3. The number of hydrogen-bond acceptors (Lipinski definition) is 4. The second-order valence-electron chi connectivity index (χ2n) is 4.24. The Morgan fingerprint density at radius 2 is 1.53 bits per heavy atom. The van der Waals surface area contributed by atoms with Gasteiger partial charge in [-0.2, -0.15) is 0 Å². The van der Waals surface area contributed by atoms with Gasteiger partial charge >= 0.3 is 5.97 Å². The molecule has 0 fully saturated rings. The maximum Gasteiger partial charge on any atom is 0.303 e. The van der Waals surface area contributed by atoms with Crippen LogP contribution in [0.15, 0.2) is 0 Å². The predicted molar refractivity (Wildman–Crippen MR) is 61.4 cm³/mol. The molecule has 0 saturated carbocycles. The molecule has 0 spiro atoms. The lowest BCUT2D eigenvalue weighted by atomic mass is 10.2. The van der Waals surface area contributed by atoms with Crippen LogP contribution in [-0.4, -0.2) is 57.4 Å². The largest absolute Gasteiger partial charge is 0.481 e. The fraction of sp³-hybridized carbons (Fsp3) is 0.818. The van der Waals surface area contributed by atoms with Gasteiger partial charge in [-0.25, -0.2) is 0 Å².